The van der Waals surface area contributed by atoms with Crippen molar-refractivity contribution in [1.29, 1.82) is 0 Å². The van der Waals surface area contributed by atoms with Crippen molar-refractivity contribution in [2.75, 3.05) is 34.2 Å². The van der Waals surface area contributed by atoms with Crippen LogP contribution in [0.4, 0.5) is 13.2 Å². The van der Waals surface area contributed by atoms with Crippen LogP contribution in [0, 0.1) is 5.41 Å². The van der Waals surface area contributed by atoms with Crippen LogP contribution in [0.1, 0.15) is 36.8 Å². The van der Waals surface area contributed by atoms with Crippen molar-refractivity contribution in [3.63, 3.8) is 0 Å². The van der Waals surface area contributed by atoms with Crippen LogP contribution in [0.2, 0.25) is 0 Å². The lowest BCUT2D eigenvalue weighted by atomic mass is 9.41. The number of carbonyl (C=O) groups excluding carboxylic acids is 1. The van der Waals surface area contributed by atoms with Crippen LogP contribution in [-0.4, -0.2) is 95.4 Å². The zero-order valence-electron chi connectivity index (χ0n) is 23.8. The summed E-state index contributed by atoms with van der Waals surface area (Å²) in [7, 11) is 5.93. The van der Waals surface area contributed by atoms with E-state index < -0.39 is 35.0 Å². The number of hydrogen-bond acceptors (Lipinski definition) is 5. The van der Waals surface area contributed by atoms with Crippen LogP contribution in [-0.2, 0) is 15.7 Å². The molecule has 9 heteroatoms. The molecule has 3 aliphatic carbocycles. The molecule has 220 valence electrons. The monoisotopic (exact) mass is 569 g/mol. The Bertz CT molecular complexity index is 1340. The van der Waals surface area contributed by atoms with E-state index in [1.165, 1.54) is 18.2 Å². The highest BCUT2D eigenvalue weighted by molar-refractivity contribution is 5.92. The lowest BCUT2D eigenvalue weighted by Crippen LogP contribution is -2.85. The van der Waals surface area contributed by atoms with Crippen LogP contribution in [0.3, 0.4) is 0 Å². The molecule has 1 spiro atoms. The van der Waals surface area contributed by atoms with E-state index in [2.05, 4.69) is 30.5 Å². The summed E-state index contributed by atoms with van der Waals surface area (Å²) in [5, 5.41) is 12.8. The molecule has 41 heavy (non-hydrogen) atoms. The Hall–Kier alpha value is -2.72. The van der Waals surface area contributed by atoms with Gasteiger partial charge in [0.05, 0.1) is 23.1 Å². The highest BCUT2D eigenvalue weighted by Gasteiger charge is 2.82. The van der Waals surface area contributed by atoms with Gasteiger partial charge in [-0.1, -0.05) is 36.4 Å². The molecule has 0 radical (unpaired) electrons. The number of likely N-dealkylation sites (N-methyl/N-ethyl adjacent to an activating group) is 2. The van der Waals surface area contributed by atoms with E-state index in [1.54, 1.807) is 18.0 Å². The van der Waals surface area contributed by atoms with Crippen molar-refractivity contribution in [2.45, 2.75) is 67.3 Å². The lowest BCUT2D eigenvalue weighted by molar-refractivity contribution is -0.238. The third-order valence-corrected chi connectivity index (χ3v) is 10.7. The fourth-order valence-corrected chi connectivity index (χ4v) is 9.12. The second-order valence-electron chi connectivity index (χ2n) is 12.4. The Morgan fingerprint density at radius 1 is 1.27 bits per heavy atom. The molecule has 2 heterocycles. The molecule has 6 rings (SSSR count). The van der Waals surface area contributed by atoms with Crippen LogP contribution >= 0.6 is 0 Å². The number of hydrogen-bond donors (Lipinski definition) is 1. The van der Waals surface area contributed by atoms with Gasteiger partial charge in [0, 0.05) is 31.2 Å². The van der Waals surface area contributed by atoms with E-state index in [4.69, 9.17) is 4.74 Å². The Morgan fingerprint density at radius 2 is 2.05 bits per heavy atom. The fourth-order valence-electron chi connectivity index (χ4n) is 9.12. The second-order valence-corrected chi connectivity index (χ2v) is 12.4. The molecule has 1 aromatic rings. The van der Waals surface area contributed by atoms with Gasteiger partial charge >= 0.3 is 6.18 Å². The largest absolute Gasteiger partial charge is 0.416 e. The van der Waals surface area contributed by atoms with Gasteiger partial charge in [-0.2, -0.15) is 13.2 Å². The van der Waals surface area contributed by atoms with E-state index in [0.29, 0.717) is 18.4 Å². The Morgan fingerprint density at radius 3 is 2.76 bits per heavy atom. The quantitative estimate of drug-likeness (QED) is 0.410. The van der Waals surface area contributed by atoms with Crippen LogP contribution in [0.5, 0.6) is 0 Å². The van der Waals surface area contributed by atoms with E-state index >= 15 is 0 Å². The summed E-state index contributed by atoms with van der Waals surface area (Å²) in [5.41, 5.74) is -1.70. The minimum Gasteiger partial charge on any atom is -0.382 e. The highest BCUT2D eigenvalue weighted by atomic mass is 19.4. The predicted molar refractivity (Wildman–Crippen MR) is 151 cm³/mol. The summed E-state index contributed by atoms with van der Waals surface area (Å²) >= 11 is 0. The summed E-state index contributed by atoms with van der Waals surface area (Å²) in [6, 6.07) is 4.77. The molecule has 4 fully saturated rings. The zero-order valence-corrected chi connectivity index (χ0v) is 23.8. The van der Waals surface area contributed by atoms with Crippen molar-refractivity contribution in [2.24, 2.45) is 5.41 Å². The summed E-state index contributed by atoms with van der Waals surface area (Å²) in [5.74, 6) is -0.311. The molecular formula is C32H38F3N3O3. The third kappa shape index (κ3) is 3.75. The third-order valence-electron chi connectivity index (χ3n) is 10.7. The average molecular weight is 570 g/mol. The van der Waals surface area contributed by atoms with Crippen LogP contribution in [0.25, 0.3) is 6.08 Å². The number of piperidine rings is 1. The van der Waals surface area contributed by atoms with Gasteiger partial charge in [0.1, 0.15) is 11.7 Å². The number of nitrogens with zero attached hydrogens (tertiary/aromatic N) is 3. The Labute approximate surface area is 239 Å². The van der Waals surface area contributed by atoms with Gasteiger partial charge < -0.3 is 19.6 Å². The molecule has 1 N–H and O–H groups in total. The molecule has 2 saturated carbocycles. The number of halogens is 3. The number of carbonyl (C=O) groups is 1. The van der Waals surface area contributed by atoms with E-state index in [1.807, 2.05) is 24.3 Å². The number of alkyl halides is 3. The number of ether oxygens (including phenoxy) is 1. The van der Waals surface area contributed by atoms with E-state index in [-0.39, 0.29) is 23.5 Å². The van der Waals surface area contributed by atoms with E-state index in [0.717, 1.165) is 43.6 Å². The lowest BCUT2D eigenvalue weighted by Gasteiger charge is -2.73. The number of aliphatic hydroxyl groups is 1. The van der Waals surface area contributed by atoms with Crippen molar-refractivity contribution in [1.82, 2.24) is 14.7 Å². The maximum absolute atomic E-state index is 13.5. The van der Waals surface area contributed by atoms with Crippen molar-refractivity contribution in [3.05, 3.63) is 77.9 Å². The normalized spacial score (nSPS) is 37.7. The average Bonchev–Trinajstić information content (AvgIpc) is 3.20. The number of rotatable bonds is 6. The molecule has 2 bridgehead atoms. The molecule has 7 atom stereocenters. The molecule has 6 nitrogen and oxygen atoms in total. The van der Waals surface area contributed by atoms with Crippen molar-refractivity contribution in [3.8, 4) is 0 Å². The minimum atomic E-state index is -4.46. The smallest absolute Gasteiger partial charge is 0.382 e. The first kappa shape index (κ1) is 28.4. The SMILES string of the molecule is C=CCN1CC[C@]23[C@H]4OC5C=CC=C(C[C@@H]1[C@]2(N(C)C)CC[C@H]4N(C)C(=O)C=Cc1cccc(C(F)(F)F)c1)C53O. The predicted octanol–water partition coefficient (Wildman–Crippen LogP) is 4.28. The first-order chi connectivity index (χ1) is 19.4. The summed E-state index contributed by atoms with van der Waals surface area (Å²) in [4.78, 5) is 19.9. The maximum Gasteiger partial charge on any atom is 0.416 e. The summed E-state index contributed by atoms with van der Waals surface area (Å²) < 4.78 is 46.4. The highest BCUT2D eigenvalue weighted by Crippen LogP contribution is 2.71. The summed E-state index contributed by atoms with van der Waals surface area (Å²) in [6.07, 6.45) is 8.16. The molecule has 2 saturated heterocycles. The number of allylic oxidation sites excluding steroid dienone is 2. The number of likely N-dealkylation sites (tertiary alicyclic amines) is 1. The van der Waals surface area contributed by atoms with Gasteiger partial charge in [-0.3, -0.25) is 9.69 Å². The molecule has 2 unspecified atom stereocenters. The number of amides is 1. The van der Waals surface area contributed by atoms with Crippen LogP contribution in [0.15, 0.2) is 66.8 Å². The van der Waals surface area contributed by atoms with Gasteiger partial charge in [0.15, 0.2) is 0 Å². The van der Waals surface area contributed by atoms with Gasteiger partial charge in [0.25, 0.3) is 0 Å². The van der Waals surface area contributed by atoms with Gasteiger partial charge in [-0.15, -0.1) is 6.58 Å². The molecular weight excluding hydrogens is 531 g/mol. The number of benzene rings is 1. The first-order valence-corrected chi connectivity index (χ1v) is 14.3. The molecule has 5 aliphatic rings. The topological polar surface area (TPSA) is 56.2 Å². The maximum atomic E-state index is 13.5. The van der Waals surface area contributed by atoms with Gasteiger partial charge in [-0.25, -0.2) is 0 Å². The Balaban J connectivity index is 1.37. The zero-order chi connectivity index (χ0) is 29.4. The first-order valence-electron chi connectivity index (χ1n) is 14.3. The molecule has 1 amide bonds. The second kappa shape index (κ2) is 9.66. The standard InChI is InChI=1S/C32H38F3N3O3/c1-5-17-38-18-16-29-28-24(37(4)27(39)13-12-21-8-6-10-23(19-21)32(33,34)35)14-15-30(29,36(2)3)25(38)20-22-9-7-11-26(41-28)31(22,29)40/h5-13,19,24-26,28,40H,1,14-18,20H2,2-4H3/t24-,25-,26?,28+,29+,30-,31?/m1/s1. The van der Waals surface area contributed by atoms with Gasteiger partial charge in [0.2, 0.25) is 5.91 Å². The fraction of sp³-hybridized carbons (Fsp3) is 0.531. The molecule has 2 aliphatic heterocycles. The van der Waals surface area contributed by atoms with Gasteiger partial charge in [-0.05, 0) is 75.7 Å². The van der Waals surface area contributed by atoms with Crippen molar-refractivity contribution < 1.29 is 27.8 Å². The molecule has 1 aromatic carbocycles. The van der Waals surface area contributed by atoms with Crippen LogP contribution < -0.4 is 0 Å². The Kier molecular flexibility index (Phi) is 6.69. The summed E-state index contributed by atoms with van der Waals surface area (Å²) in [6.45, 7) is 5.55. The van der Waals surface area contributed by atoms with Crippen molar-refractivity contribution >= 4 is 12.0 Å². The minimum absolute atomic E-state index is 0.148. The van der Waals surface area contributed by atoms with E-state index in [9.17, 15) is 23.1 Å². The molecule has 0 aromatic heterocycles.